The molecule has 0 atom stereocenters. The first-order chi connectivity index (χ1) is 8.58. The number of amides is 1. The van der Waals surface area contributed by atoms with Crippen LogP contribution in [0.1, 0.15) is 16.2 Å². The first-order valence-electron chi connectivity index (χ1n) is 5.28. The quantitative estimate of drug-likeness (QED) is 0.685. The SMILES string of the molecule is Cc1ccc2oc(=O)c3cnc(C(N)=O)n3c2c1. The lowest BCUT2D eigenvalue weighted by atomic mass is 10.2. The molecule has 3 rings (SSSR count). The van der Waals surface area contributed by atoms with Gasteiger partial charge >= 0.3 is 5.63 Å². The topological polar surface area (TPSA) is 90.6 Å². The molecular weight excluding hydrogens is 234 g/mol. The molecule has 2 N–H and O–H groups in total. The second kappa shape index (κ2) is 3.43. The number of carbonyl (C=O) groups is 1. The fourth-order valence-corrected chi connectivity index (χ4v) is 1.95. The van der Waals surface area contributed by atoms with E-state index in [2.05, 4.69) is 4.98 Å². The summed E-state index contributed by atoms with van der Waals surface area (Å²) in [4.78, 5) is 26.9. The largest absolute Gasteiger partial charge is 0.420 e. The van der Waals surface area contributed by atoms with Crippen LogP contribution in [0.5, 0.6) is 0 Å². The number of imidazole rings is 1. The lowest BCUT2D eigenvalue weighted by Gasteiger charge is -2.03. The number of hydrogen-bond acceptors (Lipinski definition) is 4. The van der Waals surface area contributed by atoms with Crippen molar-refractivity contribution >= 4 is 22.5 Å². The fraction of sp³-hybridized carbons (Fsp3) is 0.0833. The molecule has 2 aromatic heterocycles. The van der Waals surface area contributed by atoms with Gasteiger partial charge in [-0.1, -0.05) is 6.07 Å². The molecule has 0 unspecified atom stereocenters. The van der Waals surface area contributed by atoms with E-state index in [1.807, 2.05) is 13.0 Å². The average molecular weight is 243 g/mol. The number of carbonyl (C=O) groups excluding carboxylic acids is 1. The Balaban J connectivity index is 2.64. The maximum absolute atomic E-state index is 11.7. The lowest BCUT2D eigenvalue weighted by Crippen LogP contribution is -2.17. The molecule has 1 aromatic carbocycles. The van der Waals surface area contributed by atoms with E-state index < -0.39 is 11.5 Å². The highest BCUT2D eigenvalue weighted by molar-refractivity contribution is 5.92. The highest BCUT2D eigenvalue weighted by Gasteiger charge is 2.15. The van der Waals surface area contributed by atoms with E-state index in [0.717, 1.165) is 5.56 Å². The third-order valence-corrected chi connectivity index (χ3v) is 2.75. The summed E-state index contributed by atoms with van der Waals surface area (Å²) >= 11 is 0. The maximum atomic E-state index is 11.7. The van der Waals surface area contributed by atoms with Crippen molar-refractivity contribution in [3.05, 3.63) is 46.2 Å². The molecule has 0 saturated carbocycles. The Morgan fingerprint density at radius 1 is 1.39 bits per heavy atom. The van der Waals surface area contributed by atoms with Crippen molar-refractivity contribution in [2.24, 2.45) is 5.73 Å². The Morgan fingerprint density at radius 3 is 2.89 bits per heavy atom. The van der Waals surface area contributed by atoms with E-state index in [-0.39, 0.29) is 11.3 Å². The van der Waals surface area contributed by atoms with Crippen LogP contribution in [0.25, 0.3) is 16.6 Å². The van der Waals surface area contributed by atoms with Gasteiger partial charge in [0.2, 0.25) is 5.82 Å². The number of hydrogen-bond donors (Lipinski definition) is 1. The fourth-order valence-electron chi connectivity index (χ4n) is 1.95. The Morgan fingerprint density at radius 2 is 2.17 bits per heavy atom. The summed E-state index contributed by atoms with van der Waals surface area (Å²) in [5, 5.41) is 0. The van der Waals surface area contributed by atoms with E-state index in [1.165, 1.54) is 10.6 Å². The van der Waals surface area contributed by atoms with Crippen molar-refractivity contribution in [3.8, 4) is 0 Å². The van der Waals surface area contributed by atoms with Crippen molar-refractivity contribution in [1.29, 1.82) is 0 Å². The van der Waals surface area contributed by atoms with Gasteiger partial charge in [-0.05, 0) is 24.6 Å². The van der Waals surface area contributed by atoms with E-state index >= 15 is 0 Å². The Kier molecular flexibility index (Phi) is 2.00. The molecule has 0 bridgehead atoms. The molecule has 6 nitrogen and oxygen atoms in total. The van der Waals surface area contributed by atoms with Crippen LogP contribution in [-0.2, 0) is 0 Å². The lowest BCUT2D eigenvalue weighted by molar-refractivity contribution is 0.0990. The van der Waals surface area contributed by atoms with Crippen molar-refractivity contribution in [2.75, 3.05) is 0 Å². The van der Waals surface area contributed by atoms with Gasteiger partial charge in [-0.25, -0.2) is 9.78 Å². The molecule has 2 heterocycles. The molecule has 0 fully saturated rings. The van der Waals surface area contributed by atoms with Crippen LogP contribution >= 0.6 is 0 Å². The normalized spacial score (nSPS) is 11.2. The van der Waals surface area contributed by atoms with Crippen LogP contribution in [0.15, 0.2) is 33.6 Å². The van der Waals surface area contributed by atoms with Crippen LogP contribution in [0.3, 0.4) is 0 Å². The first-order valence-corrected chi connectivity index (χ1v) is 5.28. The van der Waals surface area contributed by atoms with Gasteiger partial charge in [0.15, 0.2) is 11.1 Å². The van der Waals surface area contributed by atoms with Crippen LogP contribution in [0.2, 0.25) is 0 Å². The molecule has 0 aliphatic carbocycles. The standard InChI is InChI=1S/C12H9N3O3/c1-6-2-3-9-7(4-6)15-8(12(17)18-9)5-14-11(15)10(13)16/h2-5H,1H3,(H2,13,16). The summed E-state index contributed by atoms with van der Waals surface area (Å²) in [6.45, 7) is 1.90. The second-order valence-corrected chi connectivity index (χ2v) is 4.03. The predicted octanol–water partition coefficient (Wildman–Crippen LogP) is 0.848. The zero-order valence-electron chi connectivity index (χ0n) is 9.51. The van der Waals surface area contributed by atoms with Gasteiger partial charge < -0.3 is 10.2 Å². The van der Waals surface area contributed by atoms with Gasteiger partial charge in [0, 0.05) is 0 Å². The molecule has 6 heteroatoms. The van der Waals surface area contributed by atoms with Crippen LogP contribution in [0.4, 0.5) is 0 Å². The van der Waals surface area contributed by atoms with Crippen molar-refractivity contribution in [1.82, 2.24) is 9.38 Å². The van der Waals surface area contributed by atoms with Crippen LogP contribution in [-0.4, -0.2) is 15.3 Å². The zero-order valence-corrected chi connectivity index (χ0v) is 9.51. The first kappa shape index (κ1) is 10.5. The van der Waals surface area contributed by atoms with Gasteiger partial charge in [0.1, 0.15) is 0 Å². The van der Waals surface area contributed by atoms with Crippen LogP contribution in [0, 0.1) is 6.92 Å². The third-order valence-electron chi connectivity index (χ3n) is 2.75. The van der Waals surface area contributed by atoms with E-state index in [9.17, 15) is 9.59 Å². The van der Waals surface area contributed by atoms with Gasteiger partial charge in [0.05, 0.1) is 11.7 Å². The summed E-state index contributed by atoms with van der Waals surface area (Å²) in [5.41, 5.74) is 6.85. The van der Waals surface area contributed by atoms with E-state index in [1.54, 1.807) is 12.1 Å². The Bertz CT molecular complexity index is 845. The molecule has 0 aliphatic rings. The number of aryl methyl sites for hydroxylation is 1. The third kappa shape index (κ3) is 1.32. The van der Waals surface area contributed by atoms with Gasteiger partial charge in [-0.3, -0.25) is 9.20 Å². The minimum atomic E-state index is -0.691. The number of benzene rings is 1. The molecule has 18 heavy (non-hydrogen) atoms. The number of nitrogens with zero attached hydrogens (tertiary/aromatic N) is 2. The number of aromatic nitrogens is 2. The van der Waals surface area contributed by atoms with Crippen LogP contribution < -0.4 is 11.4 Å². The number of nitrogens with two attached hydrogens (primary N) is 1. The van der Waals surface area contributed by atoms with Crippen molar-refractivity contribution < 1.29 is 9.21 Å². The predicted molar refractivity (Wildman–Crippen MR) is 64.5 cm³/mol. The molecular formula is C12H9N3O3. The maximum Gasteiger partial charge on any atom is 0.362 e. The highest BCUT2D eigenvalue weighted by atomic mass is 16.4. The molecule has 90 valence electrons. The van der Waals surface area contributed by atoms with Gasteiger partial charge in [-0.15, -0.1) is 0 Å². The molecule has 0 radical (unpaired) electrons. The molecule has 1 amide bonds. The molecule has 0 spiro atoms. The smallest absolute Gasteiger partial charge is 0.362 e. The zero-order chi connectivity index (χ0) is 12.9. The summed E-state index contributed by atoms with van der Waals surface area (Å²) in [6.07, 6.45) is 1.29. The summed E-state index contributed by atoms with van der Waals surface area (Å²) in [5.74, 6) is -0.670. The minimum absolute atomic E-state index is 0.0218. The Labute approximate surface area is 101 Å². The Hall–Kier alpha value is -2.63. The van der Waals surface area contributed by atoms with Crippen molar-refractivity contribution in [3.63, 3.8) is 0 Å². The summed E-state index contributed by atoms with van der Waals surface area (Å²) in [7, 11) is 0. The number of rotatable bonds is 1. The number of primary amides is 1. The molecule has 0 aliphatic heterocycles. The molecule has 3 aromatic rings. The van der Waals surface area contributed by atoms with Gasteiger partial charge in [0.25, 0.3) is 5.91 Å². The number of fused-ring (bicyclic) bond motifs is 3. The van der Waals surface area contributed by atoms with E-state index in [0.29, 0.717) is 11.1 Å². The van der Waals surface area contributed by atoms with Gasteiger partial charge in [-0.2, -0.15) is 0 Å². The minimum Gasteiger partial charge on any atom is -0.420 e. The second-order valence-electron chi connectivity index (χ2n) is 4.03. The average Bonchev–Trinajstić information content (AvgIpc) is 2.76. The summed E-state index contributed by atoms with van der Waals surface area (Å²) in [6, 6.07) is 5.30. The molecule has 0 saturated heterocycles. The van der Waals surface area contributed by atoms with Crippen molar-refractivity contribution in [2.45, 2.75) is 6.92 Å². The monoisotopic (exact) mass is 243 g/mol. The van der Waals surface area contributed by atoms with E-state index in [4.69, 9.17) is 10.2 Å². The summed E-state index contributed by atoms with van der Waals surface area (Å²) < 4.78 is 6.58. The highest BCUT2D eigenvalue weighted by Crippen LogP contribution is 2.17.